The first-order valence-electron chi connectivity index (χ1n) is 23.1. The van der Waals surface area contributed by atoms with E-state index in [-0.39, 0.29) is 10.8 Å². The second-order valence-electron chi connectivity index (χ2n) is 16.8. The maximum absolute atomic E-state index is 2.43. The first kappa shape index (κ1) is 42.0. The summed E-state index contributed by atoms with van der Waals surface area (Å²) >= 11 is 0. The Morgan fingerprint density at radius 2 is 0.688 bits per heavy atom. The van der Waals surface area contributed by atoms with Crippen LogP contribution < -0.4 is 0 Å². The number of rotatable bonds is 4. The molecule has 2 aliphatic rings. The van der Waals surface area contributed by atoms with Gasteiger partial charge in [0, 0.05) is 5.41 Å². The molecule has 0 aromatic heterocycles. The van der Waals surface area contributed by atoms with E-state index in [1.165, 1.54) is 99.4 Å². The minimum Gasteiger partial charge on any atom is -0.0683 e. The topological polar surface area (TPSA) is 0 Å². The largest absolute Gasteiger partial charge is 0.0713 e. The van der Waals surface area contributed by atoms with Crippen LogP contribution in [0.25, 0.3) is 66.1 Å². The molecule has 0 unspecified atom stereocenters. The van der Waals surface area contributed by atoms with Crippen molar-refractivity contribution in [1.82, 2.24) is 0 Å². The lowest BCUT2D eigenvalue weighted by atomic mass is 9.67. The van der Waals surface area contributed by atoms with Crippen LogP contribution in [0, 0.1) is 0 Å². The average Bonchev–Trinajstić information content (AvgIpc) is 3.81. The highest BCUT2D eigenvalue weighted by Gasteiger charge is 2.46. The van der Waals surface area contributed by atoms with E-state index >= 15 is 0 Å². The van der Waals surface area contributed by atoms with Gasteiger partial charge < -0.3 is 0 Å². The fraction of sp³-hybridized carbons (Fsp3) is 0.125. The van der Waals surface area contributed by atoms with Crippen molar-refractivity contribution in [2.24, 2.45) is 0 Å². The molecular weight excluding hydrogens is 769 g/mol. The first-order valence-corrected chi connectivity index (χ1v) is 23.1. The summed E-state index contributed by atoms with van der Waals surface area (Å²) in [7, 11) is 0. The maximum atomic E-state index is 2.43. The van der Waals surface area contributed by atoms with Crippen LogP contribution in [-0.4, -0.2) is 0 Å². The predicted octanol–water partition coefficient (Wildman–Crippen LogP) is 17.7. The fourth-order valence-corrected chi connectivity index (χ4v) is 10.3. The SMILES string of the molecule is CC.CC.CC1(C)c2ccccc2-c2c(-c3ccc4ccccc4c3)cccc21.c1ccc(C2(c3ccccc3)c3ccccc3-c3ccc(-c4ccc5ccccc5c4)cc32)cc1. The van der Waals surface area contributed by atoms with Crippen LogP contribution >= 0.6 is 0 Å². The minimum absolute atomic E-state index is 0.0544. The Morgan fingerprint density at radius 1 is 0.266 bits per heavy atom. The fourth-order valence-electron chi connectivity index (χ4n) is 10.3. The Balaban J connectivity index is 0.000000158. The van der Waals surface area contributed by atoms with Crippen LogP contribution in [0.1, 0.15) is 74.9 Å². The van der Waals surface area contributed by atoms with E-state index in [0.717, 1.165) is 0 Å². The van der Waals surface area contributed by atoms with Gasteiger partial charge in [0.15, 0.2) is 0 Å². The molecule has 0 saturated carbocycles. The lowest BCUT2D eigenvalue weighted by molar-refractivity contribution is 0.660. The normalized spacial score (nSPS) is 13.1. The summed E-state index contributed by atoms with van der Waals surface area (Å²) < 4.78 is 0. The van der Waals surface area contributed by atoms with Crippen LogP contribution in [0.4, 0.5) is 0 Å². The quantitative estimate of drug-likeness (QED) is 0.166. The Hall–Kier alpha value is -7.28. The van der Waals surface area contributed by atoms with Crippen molar-refractivity contribution >= 4 is 21.5 Å². The zero-order valence-corrected chi connectivity index (χ0v) is 37.9. The van der Waals surface area contributed by atoms with Gasteiger partial charge in [-0.15, -0.1) is 0 Å². The molecule has 2 aliphatic carbocycles. The van der Waals surface area contributed by atoms with E-state index < -0.39 is 0 Å². The van der Waals surface area contributed by atoms with Crippen molar-refractivity contribution in [3.05, 3.63) is 264 Å². The van der Waals surface area contributed by atoms with Gasteiger partial charge >= 0.3 is 0 Å². The maximum Gasteiger partial charge on any atom is 0.0713 e. The van der Waals surface area contributed by atoms with Crippen LogP contribution in [0.15, 0.2) is 231 Å². The van der Waals surface area contributed by atoms with E-state index in [2.05, 4.69) is 244 Å². The Kier molecular flexibility index (Phi) is 11.7. The van der Waals surface area contributed by atoms with E-state index in [0.29, 0.717) is 0 Å². The van der Waals surface area contributed by atoms with Gasteiger partial charge in [0.25, 0.3) is 0 Å². The summed E-state index contributed by atoms with van der Waals surface area (Å²) in [5.74, 6) is 0. The van der Waals surface area contributed by atoms with E-state index in [1.807, 2.05) is 27.7 Å². The molecule has 0 saturated heterocycles. The molecule has 0 atom stereocenters. The molecule has 10 aromatic rings. The molecule has 0 bridgehead atoms. The molecule has 0 aliphatic heterocycles. The summed E-state index contributed by atoms with van der Waals surface area (Å²) in [4.78, 5) is 0. The molecule has 0 radical (unpaired) electrons. The van der Waals surface area contributed by atoms with Crippen LogP contribution in [0.3, 0.4) is 0 Å². The molecular formula is C64H56. The zero-order valence-electron chi connectivity index (χ0n) is 37.9. The number of hydrogen-bond acceptors (Lipinski definition) is 0. The van der Waals surface area contributed by atoms with Gasteiger partial charge in [0.05, 0.1) is 5.41 Å². The molecule has 0 spiro atoms. The summed E-state index contributed by atoms with van der Waals surface area (Å²) in [6, 6.07) is 84.3. The highest BCUT2D eigenvalue weighted by molar-refractivity contribution is 5.96. The molecule has 0 amide bonds. The minimum atomic E-state index is -0.360. The van der Waals surface area contributed by atoms with Crippen molar-refractivity contribution in [2.45, 2.75) is 52.4 Å². The van der Waals surface area contributed by atoms with Gasteiger partial charge in [-0.05, 0) is 118 Å². The summed E-state index contributed by atoms with van der Waals surface area (Å²) in [6.45, 7) is 12.7. The smallest absolute Gasteiger partial charge is 0.0683 e. The monoisotopic (exact) mass is 824 g/mol. The van der Waals surface area contributed by atoms with Crippen molar-refractivity contribution in [3.8, 4) is 44.5 Å². The molecule has 0 N–H and O–H groups in total. The molecule has 312 valence electrons. The van der Waals surface area contributed by atoms with Gasteiger partial charge in [-0.1, -0.05) is 254 Å². The standard InChI is InChI=1S/C35H24.C25H20.2C2H6/c1-3-13-29(14-4-1)35(30-15-5-2-6-16-30)33-18-10-9-17-31(33)32-22-21-28(24-34(32)35)27-20-19-25-11-7-8-12-26(25)23-27;1-25(2)22-12-6-5-10-21(22)24-20(11-7-13-23(24)25)19-15-14-17-8-3-4-9-18(17)16-19;2*1-2/h1-24H;3-16H,1-2H3;2*1-2H3. The zero-order chi connectivity index (χ0) is 44.3. The number of hydrogen-bond donors (Lipinski definition) is 0. The van der Waals surface area contributed by atoms with Gasteiger partial charge in [0.2, 0.25) is 0 Å². The van der Waals surface area contributed by atoms with Gasteiger partial charge in [-0.2, -0.15) is 0 Å². The highest BCUT2D eigenvalue weighted by Crippen LogP contribution is 2.57. The van der Waals surface area contributed by atoms with E-state index in [4.69, 9.17) is 0 Å². The van der Waals surface area contributed by atoms with Crippen molar-refractivity contribution in [1.29, 1.82) is 0 Å². The lowest BCUT2D eigenvalue weighted by Crippen LogP contribution is -2.28. The van der Waals surface area contributed by atoms with Crippen molar-refractivity contribution in [3.63, 3.8) is 0 Å². The molecule has 10 aromatic carbocycles. The molecule has 64 heavy (non-hydrogen) atoms. The van der Waals surface area contributed by atoms with Crippen molar-refractivity contribution in [2.75, 3.05) is 0 Å². The number of fused-ring (bicyclic) bond motifs is 8. The predicted molar refractivity (Wildman–Crippen MR) is 276 cm³/mol. The molecule has 0 heterocycles. The highest BCUT2D eigenvalue weighted by atomic mass is 14.5. The Morgan fingerprint density at radius 3 is 1.31 bits per heavy atom. The third-order valence-electron chi connectivity index (χ3n) is 13.2. The van der Waals surface area contributed by atoms with Gasteiger partial charge in [-0.25, -0.2) is 0 Å². The second-order valence-corrected chi connectivity index (χ2v) is 16.8. The molecule has 12 rings (SSSR count). The molecule has 0 nitrogen and oxygen atoms in total. The van der Waals surface area contributed by atoms with E-state index in [1.54, 1.807) is 0 Å². The molecule has 0 heteroatoms. The van der Waals surface area contributed by atoms with Crippen LogP contribution in [0.5, 0.6) is 0 Å². The number of benzene rings is 10. The van der Waals surface area contributed by atoms with Gasteiger partial charge in [-0.3, -0.25) is 0 Å². The lowest BCUT2D eigenvalue weighted by Gasteiger charge is -2.34. The third kappa shape index (κ3) is 7.04. The second kappa shape index (κ2) is 17.8. The van der Waals surface area contributed by atoms with Gasteiger partial charge in [0.1, 0.15) is 0 Å². The third-order valence-corrected chi connectivity index (χ3v) is 13.2. The molecule has 0 fully saturated rings. The van der Waals surface area contributed by atoms with E-state index in [9.17, 15) is 0 Å². The summed E-state index contributed by atoms with van der Waals surface area (Å²) in [5.41, 5.74) is 18.4. The summed E-state index contributed by atoms with van der Waals surface area (Å²) in [5, 5.41) is 5.13. The van der Waals surface area contributed by atoms with Crippen LogP contribution in [0.2, 0.25) is 0 Å². The summed E-state index contributed by atoms with van der Waals surface area (Å²) in [6.07, 6.45) is 0. The van der Waals surface area contributed by atoms with Crippen LogP contribution in [-0.2, 0) is 10.8 Å². The Labute approximate surface area is 380 Å². The van der Waals surface area contributed by atoms with Crippen molar-refractivity contribution < 1.29 is 0 Å². The average molecular weight is 825 g/mol. The Bertz CT molecular complexity index is 3180. The first-order chi connectivity index (χ1) is 31.5.